The second-order valence-corrected chi connectivity index (χ2v) is 6.14. The zero-order valence-corrected chi connectivity index (χ0v) is 13.0. The van der Waals surface area contributed by atoms with Crippen LogP contribution in [-0.4, -0.2) is 6.36 Å². The minimum Gasteiger partial charge on any atom is -0.405 e. The van der Waals surface area contributed by atoms with Gasteiger partial charge >= 0.3 is 6.36 Å². The molecule has 0 saturated carbocycles. The van der Waals surface area contributed by atoms with Gasteiger partial charge in [-0.3, -0.25) is 0 Å². The zero-order chi connectivity index (χ0) is 17.3. The molecule has 0 amide bonds. The van der Waals surface area contributed by atoms with Crippen molar-refractivity contribution >= 4 is 5.69 Å². The molecule has 1 N–H and O–H groups in total. The van der Waals surface area contributed by atoms with Gasteiger partial charge in [-0.2, -0.15) is 5.11 Å². The van der Waals surface area contributed by atoms with Crippen LogP contribution in [0, 0.1) is 5.53 Å². The summed E-state index contributed by atoms with van der Waals surface area (Å²) in [5, 5.41) is 3.47. The number of hydrogen-bond donors (Lipinski definition) is 1. The fraction of sp³-hybridized carbons (Fsp3) is 0.294. The molecule has 2 aromatic rings. The van der Waals surface area contributed by atoms with Gasteiger partial charge in [0.25, 0.3) is 0 Å². The van der Waals surface area contributed by atoms with Crippen molar-refractivity contribution in [2.24, 2.45) is 5.11 Å². The smallest absolute Gasteiger partial charge is 0.405 e. The minimum absolute atomic E-state index is 0.153. The van der Waals surface area contributed by atoms with E-state index in [0.717, 1.165) is 5.56 Å². The molecule has 0 aliphatic rings. The van der Waals surface area contributed by atoms with E-state index < -0.39 is 6.36 Å². The van der Waals surface area contributed by atoms with Gasteiger partial charge in [-0.15, -0.1) is 13.2 Å². The maximum Gasteiger partial charge on any atom is 0.573 e. The molecule has 0 unspecified atom stereocenters. The fourth-order valence-electron chi connectivity index (χ4n) is 2.22. The van der Waals surface area contributed by atoms with Crippen molar-refractivity contribution in [3.05, 3.63) is 48.0 Å². The van der Waals surface area contributed by atoms with Crippen molar-refractivity contribution < 1.29 is 17.9 Å². The number of rotatable bonds is 3. The lowest BCUT2D eigenvalue weighted by Crippen LogP contribution is -2.17. The second-order valence-electron chi connectivity index (χ2n) is 6.14. The van der Waals surface area contributed by atoms with Crippen molar-refractivity contribution in [3.8, 4) is 16.9 Å². The molecule has 0 spiro atoms. The molecule has 122 valence electrons. The van der Waals surface area contributed by atoms with Gasteiger partial charge in [0.1, 0.15) is 5.75 Å². The highest BCUT2D eigenvalue weighted by Crippen LogP contribution is 2.40. The first-order chi connectivity index (χ1) is 10.6. The predicted molar refractivity (Wildman–Crippen MR) is 82.1 cm³/mol. The fourth-order valence-corrected chi connectivity index (χ4v) is 2.22. The highest BCUT2D eigenvalue weighted by molar-refractivity contribution is 5.80. The van der Waals surface area contributed by atoms with Crippen LogP contribution in [0.2, 0.25) is 0 Å². The number of ether oxygens (including phenoxy) is 1. The molecule has 23 heavy (non-hydrogen) atoms. The first-order valence-corrected chi connectivity index (χ1v) is 6.99. The first kappa shape index (κ1) is 17.0. The summed E-state index contributed by atoms with van der Waals surface area (Å²) in [6.07, 6.45) is -4.78. The largest absolute Gasteiger partial charge is 0.573 e. The predicted octanol–water partition coefficient (Wildman–Crippen LogP) is 6.21. The maximum atomic E-state index is 12.6. The molecule has 0 saturated heterocycles. The molecular weight excluding hydrogens is 305 g/mol. The lowest BCUT2D eigenvalue weighted by molar-refractivity contribution is -0.274. The average molecular weight is 322 g/mol. The van der Waals surface area contributed by atoms with Crippen molar-refractivity contribution in [1.82, 2.24) is 0 Å². The third-order valence-electron chi connectivity index (χ3n) is 3.39. The molecule has 0 aromatic heterocycles. The van der Waals surface area contributed by atoms with E-state index >= 15 is 0 Å². The molecule has 0 heterocycles. The van der Waals surface area contributed by atoms with E-state index in [1.54, 1.807) is 18.2 Å². The number of alkyl halides is 3. The standard InChI is InChI=1S/C17H17F3N2O/c1-16(2,3)11-8-9-12(14(10-11)22-21)13-6-4-5-7-15(13)23-17(18,19)20/h4-10,21H,1-3H3. The van der Waals surface area contributed by atoms with Gasteiger partial charge < -0.3 is 4.74 Å². The van der Waals surface area contributed by atoms with Gasteiger partial charge in [0.05, 0.1) is 5.69 Å². The second kappa shape index (κ2) is 6.02. The van der Waals surface area contributed by atoms with Gasteiger partial charge in [-0.25, -0.2) is 5.53 Å². The van der Waals surface area contributed by atoms with Gasteiger partial charge in [0.2, 0.25) is 0 Å². The Morgan fingerprint density at radius 1 is 0.957 bits per heavy atom. The maximum absolute atomic E-state index is 12.6. The molecule has 0 aliphatic heterocycles. The zero-order valence-electron chi connectivity index (χ0n) is 13.0. The molecule has 0 atom stereocenters. The summed E-state index contributed by atoms with van der Waals surface area (Å²) in [7, 11) is 0. The normalized spacial score (nSPS) is 12.1. The summed E-state index contributed by atoms with van der Waals surface area (Å²) < 4.78 is 41.8. The summed E-state index contributed by atoms with van der Waals surface area (Å²) in [6.45, 7) is 6.03. The summed E-state index contributed by atoms with van der Waals surface area (Å²) in [5.41, 5.74) is 9.11. The van der Waals surface area contributed by atoms with E-state index in [9.17, 15) is 13.2 Å². The third-order valence-corrected chi connectivity index (χ3v) is 3.39. The van der Waals surface area contributed by atoms with E-state index in [-0.39, 0.29) is 16.7 Å². The van der Waals surface area contributed by atoms with Crippen LogP contribution in [-0.2, 0) is 5.41 Å². The minimum atomic E-state index is -4.78. The van der Waals surface area contributed by atoms with Crippen LogP contribution in [0.3, 0.4) is 0 Å². The Kier molecular flexibility index (Phi) is 4.45. The number of nitrogens with zero attached hydrogens (tertiary/aromatic N) is 1. The Morgan fingerprint density at radius 2 is 1.61 bits per heavy atom. The van der Waals surface area contributed by atoms with Crippen LogP contribution in [0.5, 0.6) is 5.75 Å². The Labute approximate surface area is 132 Å². The van der Waals surface area contributed by atoms with E-state index in [0.29, 0.717) is 11.3 Å². The van der Waals surface area contributed by atoms with Crippen LogP contribution < -0.4 is 4.74 Å². The molecule has 0 bridgehead atoms. The van der Waals surface area contributed by atoms with E-state index in [4.69, 9.17) is 5.53 Å². The van der Waals surface area contributed by atoms with Gasteiger partial charge in [0.15, 0.2) is 0 Å². The monoisotopic (exact) mass is 322 g/mol. The highest BCUT2D eigenvalue weighted by atomic mass is 19.4. The Balaban J connectivity index is 2.57. The molecule has 0 aliphatic carbocycles. The van der Waals surface area contributed by atoms with Crippen LogP contribution in [0.25, 0.3) is 11.1 Å². The molecule has 6 heteroatoms. The van der Waals surface area contributed by atoms with Crippen molar-refractivity contribution in [2.45, 2.75) is 32.5 Å². The molecule has 0 radical (unpaired) electrons. The molecule has 3 nitrogen and oxygen atoms in total. The van der Waals surface area contributed by atoms with Crippen LogP contribution >= 0.6 is 0 Å². The summed E-state index contributed by atoms with van der Waals surface area (Å²) in [6, 6.07) is 11.1. The number of halogens is 3. The quantitative estimate of drug-likeness (QED) is 0.671. The summed E-state index contributed by atoms with van der Waals surface area (Å²) >= 11 is 0. The topological polar surface area (TPSA) is 45.4 Å². The number of benzene rings is 2. The average Bonchev–Trinajstić information content (AvgIpc) is 2.44. The van der Waals surface area contributed by atoms with Gasteiger partial charge in [-0.05, 0) is 23.1 Å². The lowest BCUT2D eigenvalue weighted by atomic mass is 9.85. The Morgan fingerprint density at radius 3 is 2.17 bits per heavy atom. The molecule has 2 aromatic carbocycles. The summed E-state index contributed by atoms with van der Waals surface area (Å²) in [5.74, 6) is -0.312. The first-order valence-electron chi connectivity index (χ1n) is 6.99. The van der Waals surface area contributed by atoms with E-state index in [1.807, 2.05) is 26.8 Å². The number of nitrogens with one attached hydrogen (secondary N) is 1. The van der Waals surface area contributed by atoms with Gasteiger partial charge in [0, 0.05) is 11.1 Å². The van der Waals surface area contributed by atoms with Crippen LogP contribution in [0.4, 0.5) is 18.9 Å². The van der Waals surface area contributed by atoms with Gasteiger partial charge in [-0.1, -0.05) is 51.1 Å². The van der Waals surface area contributed by atoms with E-state index in [2.05, 4.69) is 9.85 Å². The summed E-state index contributed by atoms with van der Waals surface area (Å²) in [4.78, 5) is 0. The van der Waals surface area contributed by atoms with Crippen LogP contribution in [0.15, 0.2) is 47.6 Å². The van der Waals surface area contributed by atoms with Crippen molar-refractivity contribution in [3.63, 3.8) is 0 Å². The highest BCUT2D eigenvalue weighted by Gasteiger charge is 2.32. The SMILES string of the molecule is CC(C)(C)c1ccc(-c2ccccc2OC(F)(F)F)c(N=N)c1. The number of para-hydroxylation sites is 1. The molecule has 2 rings (SSSR count). The lowest BCUT2D eigenvalue weighted by Gasteiger charge is -2.21. The van der Waals surface area contributed by atoms with Crippen molar-refractivity contribution in [2.75, 3.05) is 0 Å². The number of hydrogen-bond acceptors (Lipinski definition) is 3. The Bertz CT molecular complexity index is 719. The van der Waals surface area contributed by atoms with Crippen LogP contribution in [0.1, 0.15) is 26.3 Å². The molecule has 0 fully saturated rings. The van der Waals surface area contributed by atoms with Crippen molar-refractivity contribution in [1.29, 1.82) is 5.53 Å². The molecular formula is C17H17F3N2O. The van der Waals surface area contributed by atoms with E-state index in [1.165, 1.54) is 18.2 Å². The Hall–Kier alpha value is -2.37. The third kappa shape index (κ3) is 4.09.